The van der Waals surface area contributed by atoms with Crippen molar-refractivity contribution >= 4 is 28.8 Å². The summed E-state index contributed by atoms with van der Waals surface area (Å²) in [6.45, 7) is 5.36. The fraction of sp³-hybridized carbons (Fsp3) is 0.261. The van der Waals surface area contributed by atoms with Gasteiger partial charge in [-0.1, -0.05) is 18.2 Å². The number of fused-ring (bicyclic) bond motifs is 2. The van der Waals surface area contributed by atoms with Crippen LogP contribution < -0.4 is 5.73 Å². The van der Waals surface area contributed by atoms with Crippen molar-refractivity contribution in [2.45, 2.75) is 38.2 Å². The van der Waals surface area contributed by atoms with Crippen molar-refractivity contribution in [3.8, 4) is 0 Å². The van der Waals surface area contributed by atoms with E-state index in [1.54, 1.807) is 26.8 Å². The zero-order valence-electron chi connectivity index (χ0n) is 17.5. The molecule has 8 nitrogen and oxygen atoms in total. The third-order valence-corrected chi connectivity index (χ3v) is 5.18. The van der Waals surface area contributed by atoms with Crippen LogP contribution in [0.15, 0.2) is 54.4 Å². The first-order valence-electron chi connectivity index (χ1n) is 9.81. The summed E-state index contributed by atoms with van der Waals surface area (Å²) in [5.74, 6) is -0.815. The zero-order chi connectivity index (χ0) is 22.4. The van der Waals surface area contributed by atoms with Gasteiger partial charge in [0.15, 0.2) is 0 Å². The molecule has 8 heteroatoms. The molecule has 0 fully saturated rings. The Kier molecular flexibility index (Phi) is 4.72. The van der Waals surface area contributed by atoms with E-state index in [0.29, 0.717) is 22.5 Å². The van der Waals surface area contributed by atoms with E-state index in [2.05, 4.69) is 4.98 Å². The van der Waals surface area contributed by atoms with Gasteiger partial charge >= 0.3 is 11.8 Å². The standard InChI is InChI=1S/C23H22N4O4/c1-22(2,3)31-21(28)23(15-8-9-20(25-13-15)27(29)30)12-16(24)11-19-17(23)10-14-6-4-5-7-18(14)26-19/h4-11,13H,12,24H2,1-3H3. The predicted octanol–water partition coefficient (Wildman–Crippen LogP) is 3.87. The number of aromatic nitrogens is 2. The molecule has 1 unspecified atom stereocenters. The maximum absolute atomic E-state index is 13.7. The highest BCUT2D eigenvalue weighted by atomic mass is 16.6. The number of para-hydroxylation sites is 1. The number of benzene rings is 1. The molecule has 0 spiro atoms. The van der Waals surface area contributed by atoms with Crippen LogP contribution in [0.5, 0.6) is 0 Å². The van der Waals surface area contributed by atoms with Gasteiger partial charge in [-0.25, -0.2) is 4.98 Å². The van der Waals surface area contributed by atoms with Crippen molar-refractivity contribution in [2.75, 3.05) is 0 Å². The summed E-state index contributed by atoms with van der Waals surface area (Å²) in [6, 6.07) is 12.3. The zero-order valence-corrected chi connectivity index (χ0v) is 17.5. The van der Waals surface area contributed by atoms with Gasteiger partial charge in [0.25, 0.3) is 0 Å². The van der Waals surface area contributed by atoms with Crippen molar-refractivity contribution in [1.82, 2.24) is 9.97 Å². The van der Waals surface area contributed by atoms with Crippen molar-refractivity contribution in [2.24, 2.45) is 5.73 Å². The van der Waals surface area contributed by atoms with Gasteiger partial charge in [0.05, 0.1) is 11.2 Å². The molecule has 2 heterocycles. The molecule has 0 bridgehead atoms. The highest BCUT2D eigenvalue weighted by Crippen LogP contribution is 2.45. The van der Waals surface area contributed by atoms with Gasteiger partial charge in [0.2, 0.25) is 0 Å². The molecule has 1 aliphatic rings. The van der Waals surface area contributed by atoms with E-state index in [9.17, 15) is 14.9 Å². The van der Waals surface area contributed by atoms with Crippen LogP contribution >= 0.6 is 0 Å². The lowest BCUT2D eigenvalue weighted by molar-refractivity contribution is -0.389. The average molecular weight is 418 g/mol. The van der Waals surface area contributed by atoms with Crippen LogP contribution in [0.3, 0.4) is 0 Å². The van der Waals surface area contributed by atoms with E-state index in [4.69, 9.17) is 15.5 Å². The molecular weight excluding hydrogens is 396 g/mol. The number of nitrogens with two attached hydrogens (primary N) is 1. The number of pyridine rings is 2. The van der Waals surface area contributed by atoms with Crippen LogP contribution in [-0.4, -0.2) is 26.5 Å². The molecule has 3 aromatic rings. The van der Waals surface area contributed by atoms with E-state index < -0.39 is 21.9 Å². The first-order valence-corrected chi connectivity index (χ1v) is 9.81. The Hall–Kier alpha value is -3.81. The molecule has 0 saturated heterocycles. The second-order valence-corrected chi connectivity index (χ2v) is 8.58. The summed E-state index contributed by atoms with van der Waals surface area (Å²) in [4.78, 5) is 32.9. The summed E-state index contributed by atoms with van der Waals surface area (Å²) in [5, 5.41) is 12.0. The van der Waals surface area contributed by atoms with Gasteiger partial charge in [-0.15, -0.1) is 0 Å². The molecule has 0 saturated carbocycles. The second kappa shape index (κ2) is 7.16. The molecule has 158 valence electrons. The lowest BCUT2D eigenvalue weighted by atomic mass is 9.68. The molecule has 0 aliphatic heterocycles. The summed E-state index contributed by atoms with van der Waals surface area (Å²) < 4.78 is 5.82. The Labute approximate surface area is 178 Å². The lowest BCUT2D eigenvalue weighted by Gasteiger charge is -2.37. The van der Waals surface area contributed by atoms with E-state index in [1.165, 1.54) is 18.3 Å². The molecular formula is C23H22N4O4. The quantitative estimate of drug-likeness (QED) is 0.389. The highest BCUT2D eigenvalue weighted by Gasteiger charge is 2.49. The Morgan fingerprint density at radius 1 is 1.23 bits per heavy atom. The highest BCUT2D eigenvalue weighted by molar-refractivity contribution is 5.93. The van der Waals surface area contributed by atoms with Crippen LogP contribution in [0.25, 0.3) is 17.0 Å². The largest absolute Gasteiger partial charge is 0.459 e. The third-order valence-electron chi connectivity index (χ3n) is 5.18. The Morgan fingerprint density at radius 2 is 1.97 bits per heavy atom. The van der Waals surface area contributed by atoms with Crippen LogP contribution in [0.1, 0.15) is 44.0 Å². The van der Waals surface area contributed by atoms with Gasteiger partial charge in [0, 0.05) is 34.7 Å². The number of nitrogens with zero attached hydrogens (tertiary/aromatic N) is 3. The van der Waals surface area contributed by atoms with Gasteiger partial charge in [-0.2, -0.15) is 0 Å². The fourth-order valence-electron chi connectivity index (χ4n) is 3.88. The number of hydrogen-bond donors (Lipinski definition) is 1. The number of carbonyl (C=O) groups excluding carboxylic acids is 1. The van der Waals surface area contributed by atoms with Gasteiger partial charge in [0.1, 0.15) is 17.2 Å². The Bertz CT molecular complexity index is 1230. The summed E-state index contributed by atoms with van der Waals surface area (Å²) in [5.41, 5.74) is 7.07. The average Bonchev–Trinajstić information content (AvgIpc) is 2.70. The molecule has 0 radical (unpaired) electrons. The smallest absolute Gasteiger partial charge is 0.363 e. The topological polar surface area (TPSA) is 121 Å². The maximum Gasteiger partial charge on any atom is 0.363 e. The third kappa shape index (κ3) is 3.61. The summed E-state index contributed by atoms with van der Waals surface area (Å²) >= 11 is 0. The first kappa shape index (κ1) is 20.5. The number of nitro groups is 1. The number of esters is 1. The minimum Gasteiger partial charge on any atom is -0.459 e. The first-order chi connectivity index (χ1) is 14.6. The van der Waals surface area contributed by atoms with Gasteiger partial charge in [-0.05, 0) is 55.0 Å². The molecule has 31 heavy (non-hydrogen) atoms. The molecule has 1 atom stereocenters. The van der Waals surface area contributed by atoms with Crippen molar-refractivity contribution in [3.05, 3.63) is 81.3 Å². The van der Waals surface area contributed by atoms with Crippen LogP contribution in [0.4, 0.5) is 5.82 Å². The predicted molar refractivity (Wildman–Crippen MR) is 116 cm³/mol. The van der Waals surface area contributed by atoms with Gasteiger partial charge < -0.3 is 20.6 Å². The Balaban J connectivity index is 2.01. The maximum atomic E-state index is 13.7. The van der Waals surface area contributed by atoms with Crippen LogP contribution in [0.2, 0.25) is 0 Å². The summed E-state index contributed by atoms with van der Waals surface area (Å²) in [7, 11) is 0. The Morgan fingerprint density at radius 3 is 2.61 bits per heavy atom. The monoisotopic (exact) mass is 418 g/mol. The van der Waals surface area contributed by atoms with Crippen molar-refractivity contribution < 1.29 is 14.5 Å². The normalized spacial score (nSPS) is 18.2. The SMILES string of the molecule is CC(C)(C)OC(=O)C1(c2ccc([N+](=O)[O-])nc2)CC(N)=Cc2nc3ccccc3cc21. The van der Waals surface area contributed by atoms with E-state index in [0.717, 1.165) is 10.9 Å². The van der Waals surface area contributed by atoms with Crippen molar-refractivity contribution in [3.63, 3.8) is 0 Å². The fourth-order valence-corrected chi connectivity index (χ4v) is 3.88. The van der Waals surface area contributed by atoms with E-state index >= 15 is 0 Å². The van der Waals surface area contributed by atoms with Crippen LogP contribution in [-0.2, 0) is 14.9 Å². The summed E-state index contributed by atoms with van der Waals surface area (Å²) in [6.07, 6.45) is 3.25. The van der Waals surface area contributed by atoms with E-state index in [1.807, 2.05) is 30.3 Å². The molecule has 2 aromatic heterocycles. The molecule has 0 amide bonds. The number of allylic oxidation sites excluding steroid dienone is 1. The minimum absolute atomic E-state index is 0.147. The molecule has 2 N–H and O–H groups in total. The number of rotatable bonds is 3. The number of carbonyl (C=O) groups is 1. The lowest BCUT2D eigenvalue weighted by Crippen LogP contribution is -2.45. The molecule has 1 aliphatic carbocycles. The van der Waals surface area contributed by atoms with Crippen molar-refractivity contribution in [1.29, 1.82) is 0 Å². The van der Waals surface area contributed by atoms with E-state index in [-0.39, 0.29) is 12.2 Å². The molecule has 4 rings (SSSR count). The number of hydrogen-bond acceptors (Lipinski definition) is 7. The van der Waals surface area contributed by atoms with Crippen LogP contribution in [0, 0.1) is 10.1 Å². The molecule has 1 aromatic carbocycles. The van der Waals surface area contributed by atoms with Gasteiger partial charge in [-0.3, -0.25) is 4.79 Å². The minimum atomic E-state index is -1.33. The second-order valence-electron chi connectivity index (χ2n) is 8.58. The number of ether oxygens (including phenoxy) is 1.